The molecule has 0 aromatic carbocycles. The van der Waals surface area contributed by atoms with Crippen LogP contribution in [0.1, 0.15) is 10.6 Å². The molecule has 3 heterocycles. The van der Waals surface area contributed by atoms with Gasteiger partial charge in [0.2, 0.25) is 5.88 Å². The summed E-state index contributed by atoms with van der Waals surface area (Å²) in [5.74, 6) is 0.572. The minimum absolute atomic E-state index is 0.572. The number of methoxy groups -OCH3 is 1. The van der Waals surface area contributed by atoms with Crippen LogP contribution in [-0.2, 0) is 13.0 Å². The van der Waals surface area contributed by atoms with E-state index in [0.717, 1.165) is 30.0 Å². The third-order valence-corrected chi connectivity index (χ3v) is 4.14. The van der Waals surface area contributed by atoms with E-state index >= 15 is 0 Å². The van der Waals surface area contributed by atoms with Gasteiger partial charge in [-0.3, -0.25) is 4.68 Å². The van der Waals surface area contributed by atoms with Crippen molar-refractivity contribution in [1.29, 1.82) is 0 Å². The van der Waals surface area contributed by atoms with E-state index < -0.39 is 0 Å². The van der Waals surface area contributed by atoms with Crippen molar-refractivity contribution in [1.82, 2.24) is 25.0 Å². The van der Waals surface area contributed by atoms with Crippen LogP contribution >= 0.6 is 11.3 Å². The van der Waals surface area contributed by atoms with Crippen molar-refractivity contribution in [2.24, 2.45) is 0 Å². The summed E-state index contributed by atoms with van der Waals surface area (Å²) in [6.07, 6.45) is 2.81. The zero-order valence-electron chi connectivity index (χ0n) is 11.9. The van der Waals surface area contributed by atoms with Crippen molar-refractivity contribution in [3.8, 4) is 17.3 Å². The molecule has 0 aliphatic heterocycles. The maximum absolute atomic E-state index is 5.12. The number of aryl methyl sites for hydroxylation is 3. The molecule has 0 atom stereocenters. The first-order valence-electron chi connectivity index (χ1n) is 6.57. The van der Waals surface area contributed by atoms with Gasteiger partial charge in [0.05, 0.1) is 30.2 Å². The second-order valence-electron chi connectivity index (χ2n) is 4.54. The summed E-state index contributed by atoms with van der Waals surface area (Å²) in [7, 11) is 1.60. The molecule has 3 aromatic rings. The van der Waals surface area contributed by atoms with Gasteiger partial charge in [-0.15, -0.1) is 16.4 Å². The Labute approximate surface area is 126 Å². The Hall–Kier alpha value is -2.28. The molecule has 0 bridgehead atoms. The van der Waals surface area contributed by atoms with E-state index in [1.807, 2.05) is 35.4 Å². The van der Waals surface area contributed by atoms with E-state index in [1.165, 1.54) is 4.88 Å². The third-order valence-electron chi connectivity index (χ3n) is 3.15. The number of thiazole rings is 1. The molecule has 0 aliphatic rings. The standard InChI is InChI=1S/C14H15N5OS/c1-10-13(21-9-15-10)6-7-19-8-12(17-18-19)11-4-3-5-14(16-11)20-2/h3-5,8-9H,6-7H2,1-2H3. The largest absolute Gasteiger partial charge is 0.481 e. The highest BCUT2D eigenvalue weighted by molar-refractivity contribution is 7.09. The molecular weight excluding hydrogens is 286 g/mol. The van der Waals surface area contributed by atoms with Crippen molar-refractivity contribution in [2.45, 2.75) is 19.9 Å². The summed E-state index contributed by atoms with van der Waals surface area (Å²) < 4.78 is 6.95. The van der Waals surface area contributed by atoms with Gasteiger partial charge in [0.25, 0.3) is 0 Å². The Balaban J connectivity index is 1.72. The fraction of sp³-hybridized carbons (Fsp3) is 0.286. The molecule has 0 spiro atoms. The molecule has 6 nitrogen and oxygen atoms in total. The topological polar surface area (TPSA) is 65.7 Å². The first-order valence-corrected chi connectivity index (χ1v) is 7.45. The highest BCUT2D eigenvalue weighted by Gasteiger charge is 2.07. The Morgan fingerprint density at radius 3 is 2.95 bits per heavy atom. The Bertz CT molecular complexity index is 736. The molecule has 0 aliphatic carbocycles. The minimum atomic E-state index is 0.572. The normalized spacial score (nSPS) is 10.8. The summed E-state index contributed by atoms with van der Waals surface area (Å²) in [4.78, 5) is 9.89. The predicted octanol–water partition coefficient (Wildman–Crippen LogP) is 2.36. The molecule has 0 N–H and O–H groups in total. The molecule has 0 radical (unpaired) electrons. The summed E-state index contributed by atoms with van der Waals surface area (Å²) >= 11 is 1.68. The Morgan fingerprint density at radius 1 is 1.29 bits per heavy atom. The van der Waals surface area contributed by atoms with Crippen LogP contribution in [0.5, 0.6) is 5.88 Å². The van der Waals surface area contributed by atoms with Crippen LogP contribution in [0.3, 0.4) is 0 Å². The molecule has 0 amide bonds. The van der Waals surface area contributed by atoms with Crippen LogP contribution in [0.25, 0.3) is 11.4 Å². The fourth-order valence-electron chi connectivity index (χ4n) is 1.98. The highest BCUT2D eigenvalue weighted by atomic mass is 32.1. The van der Waals surface area contributed by atoms with Crippen LogP contribution in [0, 0.1) is 6.92 Å². The lowest BCUT2D eigenvalue weighted by Crippen LogP contribution is -2.01. The number of ether oxygens (including phenoxy) is 1. The number of pyridine rings is 1. The summed E-state index contributed by atoms with van der Waals surface area (Å²) in [5.41, 5.74) is 4.47. The van der Waals surface area contributed by atoms with Crippen LogP contribution < -0.4 is 4.74 Å². The maximum Gasteiger partial charge on any atom is 0.213 e. The monoisotopic (exact) mass is 301 g/mol. The predicted molar refractivity (Wildman–Crippen MR) is 80.4 cm³/mol. The zero-order chi connectivity index (χ0) is 14.7. The minimum Gasteiger partial charge on any atom is -0.481 e. The van der Waals surface area contributed by atoms with Crippen molar-refractivity contribution in [2.75, 3.05) is 7.11 Å². The summed E-state index contributed by atoms with van der Waals surface area (Å²) in [6, 6.07) is 5.59. The van der Waals surface area contributed by atoms with E-state index in [1.54, 1.807) is 24.5 Å². The van der Waals surface area contributed by atoms with E-state index in [9.17, 15) is 0 Å². The number of rotatable bonds is 5. The van der Waals surface area contributed by atoms with E-state index in [4.69, 9.17) is 4.74 Å². The first kappa shape index (κ1) is 13.7. The summed E-state index contributed by atoms with van der Waals surface area (Å²) in [6.45, 7) is 2.80. The number of nitrogens with zero attached hydrogens (tertiary/aromatic N) is 5. The Kier molecular flexibility index (Phi) is 3.92. The molecule has 21 heavy (non-hydrogen) atoms. The van der Waals surface area contributed by atoms with Gasteiger partial charge in [0.1, 0.15) is 5.69 Å². The molecule has 3 aromatic heterocycles. The van der Waals surface area contributed by atoms with E-state index in [2.05, 4.69) is 20.3 Å². The van der Waals surface area contributed by atoms with Crippen molar-refractivity contribution >= 4 is 11.3 Å². The summed E-state index contributed by atoms with van der Waals surface area (Å²) in [5, 5.41) is 8.31. The lowest BCUT2D eigenvalue weighted by Gasteiger charge is -2.00. The number of aromatic nitrogens is 5. The van der Waals surface area contributed by atoms with Gasteiger partial charge in [-0.1, -0.05) is 11.3 Å². The van der Waals surface area contributed by atoms with Gasteiger partial charge < -0.3 is 4.74 Å². The molecule has 0 fully saturated rings. The molecule has 0 saturated carbocycles. The average Bonchev–Trinajstić information content (AvgIpc) is 3.14. The highest BCUT2D eigenvalue weighted by Crippen LogP contribution is 2.17. The van der Waals surface area contributed by atoms with Crippen LogP contribution in [0.4, 0.5) is 0 Å². The number of hydrogen-bond acceptors (Lipinski definition) is 6. The van der Waals surface area contributed by atoms with Crippen LogP contribution in [-0.4, -0.2) is 32.1 Å². The molecule has 108 valence electrons. The van der Waals surface area contributed by atoms with Gasteiger partial charge in [0, 0.05) is 23.9 Å². The lowest BCUT2D eigenvalue weighted by atomic mass is 10.3. The van der Waals surface area contributed by atoms with Gasteiger partial charge in [-0.05, 0) is 13.0 Å². The molecule has 0 unspecified atom stereocenters. The fourth-order valence-corrected chi connectivity index (χ4v) is 2.75. The second-order valence-corrected chi connectivity index (χ2v) is 5.48. The van der Waals surface area contributed by atoms with Gasteiger partial charge in [-0.25, -0.2) is 9.97 Å². The molecule has 7 heteroatoms. The van der Waals surface area contributed by atoms with Gasteiger partial charge in [-0.2, -0.15) is 0 Å². The maximum atomic E-state index is 5.12. The van der Waals surface area contributed by atoms with E-state index in [-0.39, 0.29) is 0 Å². The zero-order valence-corrected chi connectivity index (χ0v) is 12.7. The van der Waals surface area contributed by atoms with Gasteiger partial charge >= 0.3 is 0 Å². The van der Waals surface area contributed by atoms with Crippen molar-refractivity contribution < 1.29 is 4.74 Å². The molecular formula is C14H15N5OS. The third kappa shape index (κ3) is 3.08. The SMILES string of the molecule is COc1cccc(-c2cn(CCc3scnc3C)nn2)n1. The van der Waals surface area contributed by atoms with Crippen molar-refractivity contribution in [3.05, 3.63) is 40.5 Å². The van der Waals surface area contributed by atoms with Crippen LogP contribution in [0.2, 0.25) is 0 Å². The van der Waals surface area contributed by atoms with Gasteiger partial charge in [0.15, 0.2) is 0 Å². The average molecular weight is 301 g/mol. The molecule has 3 rings (SSSR count). The molecule has 0 saturated heterocycles. The van der Waals surface area contributed by atoms with Crippen molar-refractivity contribution in [3.63, 3.8) is 0 Å². The Morgan fingerprint density at radius 2 is 2.19 bits per heavy atom. The van der Waals surface area contributed by atoms with Crippen LogP contribution in [0.15, 0.2) is 29.9 Å². The van der Waals surface area contributed by atoms with E-state index in [0.29, 0.717) is 5.88 Å². The smallest absolute Gasteiger partial charge is 0.213 e. The first-order chi connectivity index (χ1) is 10.3. The quantitative estimate of drug-likeness (QED) is 0.724. The number of hydrogen-bond donors (Lipinski definition) is 0. The second kappa shape index (κ2) is 6.01. The lowest BCUT2D eigenvalue weighted by molar-refractivity contribution is 0.398.